The van der Waals surface area contributed by atoms with Crippen LogP contribution in [0, 0.1) is 0 Å². The van der Waals surface area contributed by atoms with Gasteiger partial charge in [0.15, 0.2) is 5.79 Å². The average molecular weight is 214 g/mol. The molecule has 0 aromatic heterocycles. The molecule has 88 valence electrons. The molecule has 0 aromatic rings. The quantitative estimate of drug-likeness (QED) is 0.497. The molecule has 0 aliphatic rings. The molecule has 0 saturated carbocycles. The number of ether oxygens (including phenoxy) is 2. The fourth-order valence-electron chi connectivity index (χ4n) is 1.15. The Morgan fingerprint density at radius 2 is 2.00 bits per heavy atom. The molecular formula is C12H22O3. The van der Waals surface area contributed by atoms with Gasteiger partial charge >= 0.3 is 0 Å². The van der Waals surface area contributed by atoms with Crippen molar-refractivity contribution in [1.82, 2.24) is 0 Å². The lowest BCUT2D eigenvalue weighted by molar-refractivity contribution is -0.236. The first kappa shape index (κ1) is 14.4. The molecule has 0 aliphatic carbocycles. The van der Waals surface area contributed by atoms with E-state index in [2.05, 4.69) is 13.2 Å². The monoisotopic (exact) mass is 214 g/mol. The molecule has 0 spiro atoms. The van der Waals surface area contributed by atoms with Gasteiger partial charge in [0, 0.05) is 7.11 Å². The van der Waals surface area contributed by atoms with Gasteiger partial charge in [-0.15, -0.1) is 13.2 Å². The molecule has 3 nitrogen and oxygen atoms in total. The summed E-state index contributed by atoms with van der Waals surface area (Å²) >= 11 is 0. The van der Waals surface area contributed by atoms with E-state index in [9.17, 15) is 5.11 Å². The Bertz CT molecular complexity index is 199. The second-order valence-electron chi connectivity index (χ2n) is 3.85. The second kappa shape index (κ2) is 6.77. The maximum atomic E-state index is 9.67. The van der Waals surface area contributed by atoms with Crippen molar-refractivity contribution >= 4 is 0 Å². The smallest absolute Gasteiger partial charge is 0.162 e. The van der Waals surface area contributed by atoms with Crippen LogP contribution in [0.1, 0.15) is 26.7 Å². The Morgan fingerprint density at radius 1 is 1.40 bits per heavy atom. The standard InChI is InChI=1S/C12H22O3/c1-6-8-9-11(10(13)7-2)15-12(3,4)14-5/h6-7,10-11,13H,1-2,8-9H2,3-5H3/t10?,11-/m1/s1. The van der Waals surface area contributed by atoms with E-state index < -0.39 is 11.9 Å². The van der Waals surface area contributed by atoms with Crippen molar-refractivity contribution in [2.45, 2.75) is 44.7 Å². The van der Waals surface area contributed by atoms with Crippen LogP contribution in [0.5, 0.6) is 0 Å². The van der Waals surface area contributed by atoms with Crippen molar-refractivity contribution in [3.8, 4) is 0 Å². The van der Waals surface area contributed by atoms with Crippen molar-refractivity contribution in [3.05, 3.63) is 25.3 Å². The van der Waals surface area contributed by atoms with E-state index in [1.165, 1.54) is 6.08 Å². The first-order valence-corrected chi connectivity index (χ1v) is 5.11. The van der Waals surface area contributed by atoms with Gasteiger partial charge in [-0.05, 0) is 26.7 Å². The molecule has 0 heterocycles. The van der Waals surface area contributed by atoms with Crippen LogP contribution >= 0.6 is 0 Å². The summed E-state index contributed by atoms with van der Waals surface area (Å²) in [5.74, 6) is -0.699. The van der Waals surface area contributed by atoms with E-state index in [1.807, 2.05) is 13.8 Å². The second-order valence-corrected chi connectivity index (χ2v) is 3.85. The van der Waals surface area contributed by atoms with E-state index in [-0.39, 0.29) is 6.10 Å². The van der Waals surface area contributed by atoms with Crippen LogP contribution in [0.15, 0.2) is 25.3 Å². The zero-order valence-electron chi connectivity index (χ0n) is 9.90. The van der Waals surface area contributed by atoms with Gasteiger partial charge in [0.05, 0.1) is 12.2 Å². The number of hydrogen-bond donors (Lipinski definition) is 1. The highest BCUT2D eigenvalue weighted by atomic mass is 16.7. The van der Waals surface area contributed by atoms with Crippen molar-refractivity contribution in [1.29, 1.82) is 0 Å². The molecule has 0 saturated heterocycles. The Hall–Kier alpha value is -0.640. The SMILES string of the molecule is C=CCC[C@@H](OC(C)(C)OC)C(O)C=C. The molecule has 0 aromatic carbocycles. The number of aliphatic hydroxyl groups is 1. The zero-order valence-corrected chi connectivity index (χ0v) is 9.90. The number of allylic oxidation sites excluding steroid dienone is 1. The molecule has 1 unspecified atom stereocenters. The van der Waals surface area contributed by atoms with Crippen LogP contribution in [-0.4, -0.2) is 30.2 Å². The third-order valence-electron chi connectivity index (χ3n) is 2.20. The Kier molecular flexibility index (Phi) is 6.48. The summed E-state index contributed by atoms with van der Waals surface area (Å²) in [7, 11) is 1.57. The fourth-order valence-corrected chi connectivity index (χ4v) is 1.15. The van der Waals surface area contributed by atoms with Gasteiger partial charge in [-0.25, -0.2) is 0 Å². The van der Waals surface area contributed by atoms with Gasteiger partial charge < -0.3 is 14.6 Å². The predicted molar refractivity (Wildman–Crippen MR) is 61.6 cm³/mol. The predicted octanol–water partition coefficient (Wildman–Crippen LogP) is 2.27. The molecule has 2 atom stereocenters. The fraction of sp³-hybridized carbons (Fsp3) is 0.667. The maximum absolute atomic E-state index is 9.67. The first-order valence-electron chi connectivity index (χ1n) is 5.11. The molecule has 0 fully saturated rings. The minimum atomic E-state index is -0.699. The first-order chi connectivity index (χ1) is 6.96. The highest BCUT2D eigenvalue weighted by Gasteiger charge is 2.26. The van der Waals surface area contributed by atoms with Crippen LogP contribution in [0.2, 0.25) is 0 Å². The van der Waals surface area contributed by atoms with E-state index in [1.54, 1.807) is 13.2 Å². The number of aliphatic hydroxyl groups excluding tert-OH is 1. The summed E-state index contributed by atoms with van der Waals surface area (Å²) in [6.07, 6.45) is 3.76. The number of rotatable bonds is 8. The summed E-state index contributed by atoms with van der Waals surface area (Å²) in [6.45, 7) is 10.8. The topological polar surface area (TPSA) is 38.7 Å². The van der Waals surface area contributed by atoms with Crippen LogP contribution < -0.4 is 0 Å². The molecule has 0 amide bonds. The van der Waals surface area contributed by atoms with Gasteiger partial charge in [0.25, 0.3) is 0 Å². The van der Waals surface area contributed by atoms with Crippen LogP contribution in [0.4, 0.5) is 0 Å². The molecule has 0 aliphatic heterocycles. The largest absolute Gasteiger partial charge is 0.386 e. The van der Waals surface area contributed by atoms with Crippen LogP contribution in [0.3, 0.4) is 0 Å². The lowest BCUT2D eigenvalue weighted by atomic mass is 10.1. The minimum Gasteiger partial charge on any atom is -0.386 e. The minimum absolute atomic E-state index is 0.310. The van der Waals surface area contributed by atoms with E-state index >= 15 is 0 Å². The molecule has 0 radical (unpaired) electrons. The van der Waals surface area contributed by atoms with Gasteiger partial charge in [0.1, 0.15) is 0 Å². The van der Waals surface area contributed by atoms with Crippen LogP contribution in [0.25, 0.3) is 0 Å². The summed E-state index contributed by atoms with van der Waals surface area (Å²) in [5.41, 5.74) is 0. The van der Waals surface area contributed by atoms with Gasteiger partial charge in [-0.2, -0.15) is 0 Å². The molecular weight excluding hydrogens is 192 g/mol. The van der Waals surface area contributed by atoms with Crippen LogP contribution in [-0.2, 0) is 9.47 Å². The zero-order chi connectivity index (χ0) is 11.9. The van der Waals surface area contributed by atoms with E-state index in [4.69, 9.17) is 9.47 Å². The van der Waals surface area contributed by atoms with Crippen molar-refractivity contribution in [2.24, 2.45) is 0 Å². The summed E-state index contributed by atoms with van der Waals surface area (Å²) in [4.78, 5) is 0. The van der Waals surface area contributed by atoms with Gasteiger partial charge in [-0.3, -0.25) is 0 Å². The lowest BCUT2D eigenvalue weighted by Crippen LogP contribution is -2.38. The third-order valence-corrected chi connectivity index (χ3v) is 2.20. The Balaban J connectivity index is 4.35. The van der Waals surface area contributed by atoms with Crippen molar-refractivity contribution in [3.63, 3.8) is 0 Å². The number of hydrogen-bond acceptors (Lipinski definition) is 3. The maximum Gasteiger partial charge on any atom is 0.162 e. The molecule has 0 bridgehead atoms. The van der Waals surface area contributed by atoms with Gasteiger partial charge in [-0.1, -0.05) is 12.2 Å². The van der Waals surface area contributed by atoms with Crippen molar-refractivity contribution in [2.75, 3.05) is 7.11 Å². The molecule has 0 rings (SSSR count). The molecule has 1 N–H and O–H groups in total. The molecule has 15 heavy (non-hydrogen) atoms. The van der Waals surface area contributed by atoms with Crippen molar-refractivity contribution < 1.29 is 14.6 Å². The summed E-state index contributed by atoms with van der Waals surface area (Å²) < 4.78 is 10.8. The number of methoxy groups -OCH3 is 1. The highest BCUT2D eigenvalue weighted by Crippen LogP contribution is 2.19. The highest BCUT2D eigenvalue weighted by molar-refractivity contribution is 4.87. The Labute approximate surface area is 92.4 Å². The van der Waals surface area contributed by atoms with Gasteiger partial charge in [0.2, 0.25) is 0 Å². The molecule has 3 heteroatoms. The third kappa shape index (κ3) is 5.72. The normalized spacial score (nSPS) is 15.7. The van der Waals surface area contributed by atoms with E-state index in [0.717, 1.165) is 6.42 Å². The summed E-state index contributed by atoms with van der Waals surface area (Å²) in [6, 6.07) is 0. The van der Waals surface area contributed by atoms with E-state index in [0.29, 0.717) is 6.42 Å². The Morgan fingerprint density at radius 3 is 2.40 bits per heavy atom. The lowest BCUT2D eigenvalue weighted by Gasteiger charge is -2.31. The average Bonchev–Trinajstić information content (AvgIpc) is 2.23. The summed E-state index contributed by atoms with van der Waals surface area (Å²) in [5, 5.41) is 9.67.